The summed E-state index contributed by atoms with van der Waals surface area (Å²) >= 11 is 0. The molecule has 0 radical (unpaired) electrons. The Morgan fingerprint density at radius 3 is 1.83 bits per heavy atom. The molecule has 0 bridgehead atoms. The van der Waals surface area contributed by atoms with E-state index in [4.69, 9.17) is 9.47 Å². The summed E-state index contributed by atoms with van der Waals surface area (Å²) in [5.41, 5.74) is 0. The van der Waals surface area contributed by atoms with Crippen molar-refractivity contribution >= 4 is 17.7 Å². The summed E-state index contributed by atoms with van der Waals surface area (Å²) in [5.74, 6) is -1.14. The monoisotopic (exact) mass is 342 g/mol. The molecule has 0 heterocycles. The molecule has 0 spiro atoms. The van der Waals surface area contributed by atoms with Gasteiger partial charge in [-0.1, -0.05) is 58.3 Å². The van der Waals surface area contributed by atoms with Gasteiger partial charge in [0.1, 0.15) is 0 Å². The van der Waals surface area contributed by atoms with E-state index in [1.165, 1.54) is 58.8 Å². The molecule has 1 atom stereocenters. The van der Waals surface area contributed by atoms with Crippen LogP contribution in [0, 0.1) is 0 Å². The van der Waals surface area contributed by atoms with Crippen LogP contribution >= 0.6 is 0 Å². The first-order valence-corrected chi connectivity index (χ1v) is 9.33. The summed E-state index contributed by atoms with van der Waals surface area (Å²) in [4.78, 5) is 33.9. The van der Waals surface area contributed by atoms with Crippen LogP contribution in [0.1, 0.15) is 91.4 Å². The molecular weight excluding hydrogens is 308 g/mol. The van der Waals surface area contributed by atoms with Gasteiger partial charge < -0.3 is 9.47 Å². The Morgan fingerprint density at radius 2 is 1.29 bits per heavy atom. The van der Waals surface area contributed by atoms with Crippen molar-refractivity contribution in [2.75, 3.05) is 6.61 Å². The van der Waals surface area contributed by atoms with E-state index in [0.29, 0.717) is 6.61 Å². The molecule has 1 unspecified atom stereocenters. The van der Waals surface area contributed by atoms with Gasteiger partial charge in [-0.15, -0.1) is 0 Å². The summed E-state index contributed by atoms with van der Waals surface area (Å²) in [6.07, 6.45) is 10.1. The van der Waals surface area contributed by atoms with E-state index in [0.717, 1.165) is 12.8 Å². The van der Waals surface area contributed by atoms with Crippen LogP contribution in [0.2, 0.25) is 0 Å². The maximum Gasteiger partial charge on any atom is 0.307 e. The Hall–Kier alpha value is -1.39. The molecule has 140 valence electrons. The highest BCUT2D eigenvalue weighted by Crippen LogP contribution is 2.09. The minimum Gasteiger partial charge on any atom is -0.466 e. The molecule has 24 heavy (non-hydrogen) atoms. The number of esters is 2. The smallest absolute Gasteiger partial charge is 0.307 e. The molecule has 0 aliphatic heterocycles. The predicted octanol–water partition coefficient (Wildman–Crippen LogP) is 4.36. The van der Waals surface area contributed by atoms with Crippen molar-refractivity contribution < 1.29 is 23.9 Å². The molecule has 0 aromatic heterocycles. The molecule has 0 fully saturated rings. The Bertz CT molecular complexity index is 365. The first-order valence-electron chi connectivity index (χ1n) is 9.33. The average molecular weight is 342 g/mol. The molecule has 0 aromatic carbocycles. The third kappa shape index (κ3) is 14.2. The number of hydrogen-bond donors (Lipinski definition) is 0. The van der Waals surface area contributed by atoms with E-state index < -0.39 is 12.1 Å². The topological polar surface area (TPSA) is 69.7 Å². The standard InChI is InChI=1S/C19H34O5/c1-4-5-6-7-8-9-10-11-12-15-23-18(21)13-14-19(22)24-17(3)16(2)20/h17H,4-15H2,1-3H3. The van der Waals surface area contributed by atoms with E-state index in [1.54, 1.807) is 0 Å². The summed E-state index contributed by atoms with van der Waals surface area (Å²) in [6.45, 7) is 5.50. The fourth-order valence-electron chi connectivity index (χ4n) is 2.21. The SMILES string of the molecule is CCCCCCCCCCCOC(=O)CCC(=O)OC(C)C(C)=O. The second-order valence-corrected chi connectivity index (χ2v) is 6.29. The first kappa shape index (κ1) is 22.6. The molecule has 5 nitrogen and oxygen atoms in total. The lowest BCUT2D eigenvalue weighted by Gasteiger charge is -2.09. The highest BCUT2D eigenvalue weighted by atomic mass is 16.5. The van der Waals surface area contributed by atoms with Gasteiger partial charge >= 0.3 is 11.9 Å². The second-order valence-electron chi connectivity index (χ2n) is 6.29. The van der Waals surface area contributed by atoms with E-state index >= 15 is 0 Å². The molecule has 0 N–H and O–H groups in total. The van der Waals surface area contributed by atoms with Crippen molar-refractivity contribution in [3.8, 4) is 0 Å². The molecule has 0 aliphatic carbocycles. The molecular formula is C19H34O5. The highest BCUT2D eigenvalue weighted by Gasteiger charge is 2.15. The number of carbonyl (C=O) groups is 3. The third-order valence-electron chi connectivity index (χ3n) is 3.92. The zero-order valence-corrected chi connectivity index (χ0v) is 15.6. The summed E-state index contributed by atoms with van der Waals surface area (Å²) in [5, 5.41) is 0. The largest absolute Gasteiger partial charge is 0.466 e. The van der Waals surface area contributed by atoms with E-state index in [-0.39, 0.29) is 24.6 Å². The van der Waals surface area contributed by atoms with Crippen LogP contribution in [0.3, 0.4) is 0 Å². The van der Waals surface area contributed by atoms with Crippen LogP contribution < -0.4 is 0 Å². The van der Waals surface area contributed by atoms with Gasteiger partial charge in [0.2, 0.25) is 0 Å². The summed E-state index contributed by atoms with van der Waals surface area (Å²) < 4.78 is 9.96. The summed E-state index contributed by atoms with van der Waals surface area (Å²) in [6, 6.07) is 0. The first-order chi connectivity index (χ1) is 11.5. The van der Waals surface area contributed by atoms with Gasteiger partial charge in [-0.25, -0.2) is 0 Å². The van der Waals surface area contributed by atoms with Gasteiger partial charge in [-0.05, 0) is 20.3 Å². The fraction of sp³-hybridized carbons (Fsp3) is 0.842. The molecule has 5 heteroatoms. The van der Waals surface area contributed by atoms with Gasteiger partial charge in [0.05, 0.1) is 19.4 Å². The van der Waals surface area contributed by atoms with Gasteiger partial charge in [0, 0.05) is 0 Å². The molecule has 0 rings (SSSR count). The van der Waals surface area contributed by atoms with Crippen molar-refractivity contribution in [3.63, 3.8) is 0 Å². The van der Waals surface area contributed by atoms with Gasteiger partial charge in [0.15, 0.2) is 11.9 Å². The zero-order chi connectivity index (χ0) is 18.2. The van der Waals surface area contributed by atoms with Crippen LogP contribution in [0.25, 0.3) is 0 Å². The minimum absolute atomic E-state index is 0.000880. The van der Waals surface area contributed by atoms with Crippen molar-refractivity contribution in [2.45, 2.75) is 97.5 Å². The quantitative estimate of drug-likeness (QED) is 0.327. The maximum absolute atomic E-state index is 11.5. The average Bonchev–Trinajstić information content (AvgIpc) is 2.54. The molecule has 0 aromatic rings. The number of hydrogen-bond acceptors (Lipinski definition) is 5. The van der Waals surface area contributed by atoms with Crippen LogP contribution in [-0.2, 0) is 23.9 Å². The maximum atomic E-state index is 11.5. The summed E-state index contributed by atoms with van der Waals surface area (Å²) in [7, 11) is 0. The van der Waals surface area contributed by atoms with Gasteiger partial charge in [-0.2, -0.15) is 0 Å². The molecule has 0 aliphatic rings. The van der Waals surface area contributed by atoms with Crippen LogP contribution in [0.4, 0.5) is 0 Å². The van der Waals surface area contributed by atoms with E-state index in [1.807, 2.05) is 0 Å². The van der Waals surface area contributed by atoms with Crippen LogP contribution in [-0.4, -0.2) is 30.4 Å². The Kier molecular flexibility index (Phi) is 14.3. The molecule has 0 saturated heterocycles. The number of carbonyl (C=O) groups excluding carboxylic acids is 3. The Morgan fingerprint density at radius 1 is 0.792 bits per heavy atom. The molecule has 0 saturated carbocycles. The van der Waals surface area contributed by atoms with Crippen LogP contribution in [0.5, 0.6) is 0 Å². The highest BCUT2D eigenvalue weighted by molar-refractivity contribution is 5.84. The van der Waals surface area contributed by atoms with E-state index in [9.17, 15) is 14.4 Å². The number of unbranched alkanes of at least 4 members (excludes halogenated alkanes) is 8. The van der Waals surface area contributed by atoms with Crippen molar-refractivity contribution in [1.29, 1.82) is 0 Å². The zero-order valence-electron chi connectivity index (χ0n) is 15.6. The lowest BCUT2D eigenvalue weighted by atomic mass is 10.1. The third-order valence-corrected chi connectivity index (χ3v) is 3.92. The fourth-order valence-corrected chi connectivity index (χ4v) is 2.21. The molecule has 0 amide bonds. The van der Waals surface area contributed by atoms with Crippen molar-refractivity contribution in [2.24, 2.45) is 0 Å². The van der Waals surface area contributed by atoms with Crippen LogP contribution in [0.15, 0.2) is 0 Å². The number of ketones is 1. The van der Waals surface area contributed by atoms with E-state index in [2.05, 4.69) is 6.92 Å². The predicted molar refractivity (Wildman–Crippen MR) is 93.7 cm³/mol. The number of ether oxygens (including phenoxy) is 2. The number of Topliss-reactive ketones (excluding diaryl/α,β-unsaturated/α-hetero) is 1. The Labute approximate surface area is 146 Å². The normalized spacial score (nSPS) is 11.8. The minimum atomic E-state index is -0.754. The Balaban J connectivity index is 3.44. The lowest BCUT2D eigenvalue weighted by Crippen LogP contribution is -2.22. The number of rotatable bonds is 15. The van der Waals surface area contributed by atoms with Gasteiger partial charge in [-0.3, -0.25) is 14.4 Å². The van der Waals surface area contributed by atoms with Crippen molar-refractivity contribution in [1.82, 2.24) is 0 Å². The van der Waals surface area contributed by atoms with Crippen molar-refractivity contribution in [3.05, 3.63) is 0 Å². The second kappa shape index (κ2) is 15.2. The lowest BCUT2D eigenvalue weighted by molar-refractivity contribution is -0.156. The van der Waals surface area contributed by atoms with Gasteiger partial charge in [0.25, 0.3) is 0 Å².